The average molecular weight is 346 g/mol. The first-order valence-corrected chi connectivity index (χ1v) is 8.61. The lowest BCUT2D eigenvalue weighted by Crippen LogP contribution is -2.25. The van der Waals surface area contributed by atoms with Crippen molar-refractivity contribution < 1.29 is 29.1 Å². The lowest BCUT2D eigenvalue weighted by molar-refractivity contribution is -0.323. The molecule has 0 aliphatic rings. The van der Waals surface area contributed by atoms with Crippen LogP contribution in [-0.4, -0.2) is 23.1 Å². The van der Waals surface area contributed by atoms with Crippen LogP contribution in [-0.2, 0) is 29.1 Å². The minimum Gasteiger partial charge on any atom is -0.298 e. The molecule has 0 spiro atoms. The van der Waals surface area contributed by atoms with Gasteiger partial charge in [-0.25, -0.2) is 9.59 Å². The molecule has 0 saturated carbocycles. The highest BCUT2D eigenvalue weighted by Gasteiger charge is 2.22. The summed E-state index contributed by atoms with van der Waals surface area (Å²) in [5.41, 5.74) is -1.03. The second kappa shape index (κ2) is 9.99. The maximum absolute atomic E-state index is 11.8. The van der Waals surface area contributed by atoms with Gasteiger partial charge < -0.3 is 0 Å². The van der Waals surface area contributed by atoms with E-state index in [1.807, 2.05) is 55.4 Å². The van der Waals surface area contributed by atoms with E-state index in [0.29, 0.717) is 12.8 Å². The summed E-state index contributed by atoms with van der Waals surface area (Å²) < 4.78 is 0. The third-order valence-corrected chi connectivity index (χ3v) is 3.08. The SMILES string of the molecule is CC(CCCCC(C)C(=O)OOC(C)(C)C)C(=O)OOC(C)(C)C. The number of hydrogen-bond donors (Lipinski definition) is 0. The van der Waals surface area contributed by atoms with Crippen LogP contribution in [0.15, 0.2) is 0 Å². The summed E-state index contributed by atoms with van der Waals surface area (Å²) in [4.78, 5) is 43.2. The van der Waals surface area contributed by atoms with Crippen LogP contribution in [0.1, 0.15) is 81.1 Å². The number of carbonyl (C=O) groups excluding carboxylic acids is 2. The standard InChI is InChI=1S/C18H34O6/c1-13(15(19)21-23-17(3,4)5)11-9-10-12-14(2)16(20)22-24-18(6,7)8/h13-14H,9-12H2,1-8H3. The molecule has 6 heteroatoms. The van der Waals surface area contributed by atoms with Crippen molar-refractivity contribution in [3.8, 4) is 0 Å². The van der Waals surface area contributed by atoms with Gasteiger partial charge in [-0.1, -0.05) is 26.7 Å². The molecule has 2 unspecified atom stereocenters. The van der Waals surface area contributed by atoms with Crippen LogP contribution < -0.4 is 0 Å². The summed E-state index contributed by atoms with van der Waals surface area (Å²) in [6, 6.07) is 0. The molecule has 142 valence electrons. The van der Waals surface area contributed by atoms with Gasteiger partial charge in [0.15, 0.2) is 0 Å². The molecular weight excluding hydrogens is 312 g/mol. The highest BCUT2D eigenvalue weighted by molar-refractivity contribution is 5.71. The van der Waals surface area contributed by atoms with Crippen molar-refractivity contribution in [2.24, 2.45) is 11.8 Å². The Labute approximate surface area is 146 Å². The maximum atomic E-state index is 11.8. The number of carbonyl (C=O) groups is 2. The maximum Gasteiger partial charge on any atom is 0.345 e. The molecule has 0 N–H and O–H groups in total. The van der Waals surface area contributed by atoms with Crippen LogP contribution in [0.5, 0.6) is 0 Å². The van der Waals surface area contributed by atoms with E-state index in [4.69, 9.17) is 19.6 Å². The molecule has 0 amide bonds. The summed E-state index contributed by atoms with van der Waals surface area (Å²) in [5, 5.41) is 0. The Hall–Kier alpha value is -1.14. The van der Waals surface area contributed by atoms with Crippen LogP contribution in [0.4, 0.5) is 0 Å². The number of hydrogen-bond acceptors (Lipinski definition) is 6. The molecule has 0 radical (unpaired) electrons. The molecule has 0 heterocycles. The van der Waals surface area contributed by atoms with Gasteiger partial charge >= 0.3 is 11.9 Å². The van der Waals surface area contributed by atoms with Crippen molar-refractivity contribution in [1.29, 1.82) is 0 Å². The smallest absolute Gasteiger partial charge is 0.298 e. The molecule has 0 aliphatic carbocycles. The van der Waals surface area contributed by atoms with Crippen molar-refractivity contribution in [1.82, 2.24) is 0 Å². The van der Waals surface area contributed by atoms with Crippen molar-refractivity contribution in [2.45, 2.75) is 92.3 Å². The van der Waals surface area contributed by atoms with E-state index in [2.05, 4.69) is 0 Å². The summed E-state index contributed by atoms with van der Waals surface area (Å²) in [6.07, 6.45) is 3.02. The van der Waals surface area contributed by atoms with Crippen LogP contribution in [0, 0.1) is 11.8 Å². The fraction of sp³-hybridized carbons (Fsp3) is 0.889. The summed E-state index contributed by atoms with van der Waals surface area (Å²) in [5.74, 6) is -1.20. The molecule has 0 saturated heterocycles. The van der Waals surface area contributed by atoms with Gasteiger partial charge in [-0.05, 0) is 54.4 Å². The first kappa shape index (κ1) is 22.9. The van der Waals surface area contributed by atoms with E-state index in [0.717, 1.165) is 12.8 Å². The van der Waals surface area contributed by atoms with Gasteiger partial charge in [-0.15, -0.1) is 0 Å². The molecule has 0 fully saturated rings. The Balaban J connectivity index is 3.91. The van der Waals surface area contributed by atoms with E-state index in [9.17, 15) is 9.59 Å². The van der Waals surface area contributed by atoms with E-state index in [1.54, 1.807) is 0 Å². The predicted octanol–water partition coefficient (Wildman–Crippen LogP) is 4.37. The Morgan fingerprint density at radius 1 is 0.708 bits per heavy atom. The fourth-order valence-electron chi connectivity index (χ4n) is 1.63. The molecule has 0 aromatic heterocycles. The fourth-order valence-corrected chi connectivity index (χ4v) is 1.63. The Bertz CT molecular complexity index is 353. The van der Waals surface area contributed by atoms with Gasteiger partial charge in [0.2, 0.25) is 0 Å². The van der Waals surface area contributed by atoms with E-state index >= 15 is 0 Å². The van der Waals surface area contributed by atoms with Gasteiger partial charge in [0.25, 0.3) is 0 Å². The van der Waals surface area contributed by atoms with Gasteiger partial charge in [0, 0.05) is 0 Å². The molecule has 0 bridgehead atoms. The molecular formula is C18H34O6. The lowest BCUT2D eigenvalue weighted by Gasteiger charge is -2.19. The highest BCUT2D eigenvalue weighted by Crippen LogP contribution is 2.17. The van der Waals surface area contributed by atoms with Gasteiger partial charge in [0.05, 0.1) is 11.8 Å². The monoisotopic (exact) mass is 346 g/mol. The van der Waals surface area contributed by atoms with Crippen LogP contribution in [0.3, 0.4) is 0 Å². The van der Waals surface area contributed by atoms with Crippen molar-refractivity contribution >= 4 is 11.9 Å². The Morgan fingerprint density at radius 3 is 1.25 bits per heavy atom. The quantitative estimate of drug-likeness (QED) is 0.351. The minimum absolute atomic E-state index is 0.237. The molecule has 0 aromatic carbocycles. The zero-order valence-corrected chi connectivity index (χ0v) is 16.4. The zero-order chi connectivity index (χ0) is 19.0. The summed E-state index contributed by atoms with van der Waals surface area (Å²) in [6.45, 7) is 14.5. The summed E-state index contributed by atoms with van der Waals surface area (Å²) >= 11 is 0. The second-order valence-corrected chi connectivity index (χ2v) is 8.28. The highest BCUT2D eigenvalue weighted by atomic mass is 17.2. The van der Waals surface area contributed by atoms with Crippen LogP contribution in [0.2, 0.25) is 0 Å². The minimum atomic E-state index is -0.514. The number of unbranched alkanes of at least 4 members (excludes halogenated alkanes) is 1. The molecule has 0 aromatic rings. The van der Waals surface area contributed by atoms with Gasteiger partial charge in [-0.3, -0.25) is 9.78 Å². The van der Waals surface area contributed by atoms with Crippen molar-refractivity contribution in [3.05, 3.63) is 0 Å². The Morgan fingerprint density at radius 2 is 1.00 bits per heavy atom. The predicted molar refractivity (Wildman–Crippen MR) is 90.7 cm³/mol. The third kappa shape index (κ3) is 12.3. The van der Waals surface area contributed by atoms with Crippen molar-refractivity contribution in [2.75, 3.05) is 0 Å². The molecule has 24 heavy (non-hydrogen) atoms. The molecule has 6 nitrogen and oxygen atoms in total. The summed E-state index contributed by atoms with van der Waals surface area (Å²) in [7, 11) is 0. The van der Waals surface area contributed by atoms with Crippen LogP contribution in [0.25, 0.3) is 0 Å². The first-order chi connectivity index (χ1) is 10.8. The lowest BCUT2D eigenvalue weighted by atomic mass is 9.99. The third-order valence-electron chi connectivity index (χ3n) is 3.08. The average Bonchev–Trinajstić information content (AvgIpc) is 2.44. The van der Waals surface area contributed by atoms with Gasteiger partial charge in [0.1, 0.15) is 11.2 Å². The Kier molecular flexibility index (Phi) is 9.51. The molecule has 0 rings (SSSR count). The second-order valence-electron chi connectivity index (χ2n) is 8.28. The largest absolute Gasteiger partial charge is 0.345 e. The zero-order valence-electron chi connectivity index (χ0n) is 16.4. The number of rotatable bonds is 9. The first-order valence-electron chi connectivity index (χ1n) is 8.61. The van der Waals surface area contributed by atoms with E-state index in [-0.39, 0.29) is 23.8 Å². The van der Waals surface area contributed by atoms with E-state index < -0.39 is 11.2 Å². The normalized spacial score (nSPS) is 14.8. The van der Waals surface area contributed by atoms with Gasteiger partial charge in [-0.2, -0.15) is 9.78 Å². The molecule has 0 aliphatic heterocycles. The molecule has 2 atom stereocenters. The van der Waals surface area contributed by atoms with Crippen molar-refractivity contribution in [3.63, 3.8) is 0 Å². The van der Waals surface area contributed by atoms with Crippen LogP contribution >= 0.6 is 0 Å². The van der Waals surface area contributed by atoms with E-state index in [1.165, 1.54) is 0 Å². The topological polar surface area (TPSA) is 71.1 Å².